The summed E-state index contributed by atoms with van der Waals surface area (Å²) in [6.45, 7) is 7.52. The lowest BCUT2D eigenvalue weighted by molar-refractivity contribution is -0.143. The van der Waals surface area contributed by atoms with Gasteiger partial charge in [-0.15, -0.1) is 0 Å². The number of hydrogen-bond donors (Lipinski definition) is 2. The van der Waals surface area contributed by atoms with E-state index in [1.165, 1.54) is 6.07 Å². The van der Waals surface area contributed by atoms with Gasteiger partial charge in [0.2, 0.25) is 0 Å². The summed E-state index contributed by atoms with van der Waals surface area (Å²) >= 11 is 0. The number of carbonyl (C=O) groups excluding carboxylic acids is 1. The molecular weight excluding hydrogens is 521 g/mol. The maximum Gasteiger partial charge on any atom is 0.306 e. The Balaban J connectivity index is 1.36. The fourth-order valence-corrected chi connectivity index (χ4v) is 6.27. The summed E-state index contributed by atoms with van der Waals surface area (Å²) in [7, 11) is 0. The molecule has 0 aromatic heterocycles. The molecule has 2 fully saturated rings. The smallest absolute Gasteiger partial charge is 0.306 e. The molecule has 2 aliphatic rings. The molecule has 2 aliphatic heterocycles. The van der Waals surface area contributed by atoms with E-state index in [1.54, 1.807) is 29.2 Å². The number of carbonyl (C=O) groups is 2. The van der Waals surface area contributed by atoms with Crippen molar-refractivity contribution in [1.29, 1.82) is 0 Å². The van der Waals surface area contributed by atoms with Crippen molar-refractivity contribution in [2.45, 2.75) is 51.4 Å². The number of carboxylic acids is 1. The van der Waals surface area contributed by atoms with E-state index in [-0.39, 0.29) is 41.5 Å². The molecule has 0 bridgehead atoms. The van der Waals surface area contributed by atoms with Gasteiger partial charge in [0, 0.05) is 50.4 Å². The second-order valence-electron chi connectivity index (χ2n) is 11.5. The van der Waals surface area contributed by atoms with Crippen LogP contribution in [0.15, 0.2) is 72.8 Å². The predicted molar refractivity (Wildman–Crippen MR) is 155 cm³/mol. The molecule has 216 valence electrons. The first-order chi connectivity index (χ1) is 19.7. The highest BCUT2D eigenvalue weighted by atomic mass is 19.1. The van der Waals surface area contributed by atoms with Crippen molar-refractivity contribution < 1.29 is 24.2 Å². The summed E-state index contributed by atoms with van der Waals surface area (Å²) in [5, 5.41) is 19.6. The average Bonchev–Trinajstić information content (AvgIpc) is 2.96. The van der Waals surface area contributed by atoms with Crippen LogP contribution in [-0.4, -0.2) is 75.1 Å². The van der Waals surface area contributed by atoms with Gasteiger partial charge < -0.3 is 15.1 Å². The highest BCUT2D eigenvalue weighted by molar-refractivity contribution is 5.94. The molecule has 41 heavy (non-hydrogen) atoms. The maximum absolute atomic E-state index is 13.8. The van der Waals surface area contributed by atoms with E-state index in [1.807, 2.05) is 42.5 Å². The van der Waals surface area contributed by atoms with Crippen molar-refractivity contribution in [3.63, 3.8) is 0 Å². The first kappa shape index (κ1) is 28.8. The van der Waals surface area contributed by atoms with Crippen LogP contribution < -0.4 is 0 Å². The van der Waals surface area contributed by atoms with Crippen molar-refractivity contribution in [2.24, 2.45) is 5.92 Å². The number of hydrogen-bond acceptors (Lipinski definition) is 5. The fourth-order valence-electron chi connectivity index (χ4n) is 6.27. The lowest BCUT2D eigenvalue weighted by Crippen LogP contribution is -2.56. The van der Waals surface area contributed by atoms with Gasteiger partial charge >= 0.3 is 5.97 Å². The van der Waals surface area contributed by atoms with Crippen molar-refractivity contribution in [1.82, 2.24) is 14.7 Å². The summed E-state index contributed by atoms with van der Waals surface area (Å²) in [5.74, 6) is -1.28. The Kier molecular flexibility index (Phi) is 8.71. The van der Waals surface area contributed by atoms with Crippen LogP contribution in [0.2, 0.25) is 0 Å². The molecule has 0 aliphatic carbocycles. The second-order valence-corrected chi connectivity index (χ2v) is 11.5. The van der Waals surface area contributed by atoms with Crippen LogP contribution in [0.4, 0.5) is 4.39 Å². The molecule has 2 heterocycles. The number of amides is 1. The van der Waals surface area contributed by atoms with E-state index in [4.69, 9.17) is 0 Å². The lowest BCUT2D eigenvalue weighted by atomic mass is 9.92. The van der Waals surface area contributed by atoms with Gasteiger partial charge in [-0.25, -0.2) is 4.39 Å². The SMILES string of the molecule is C[C@@H]1CN(C(c2ccc(C(=O)N3CCC(C(=O)O)CC3)cc2)c2cccc(O)c2)[C@H](C)CN1Cc1cccc(F)c1. The van der Waals surface area contributed by atoms with Crippen LogP contribution in [-0.2, 0) is 11.3 Å². The van der Waals surface area contributed by atoms with Crippen molar-refractivity contribution in [2.75, 3.05) is 26.2 Å². The van der Waals surface area contributed by atoms with Gasteiger partial charge in [0.15, 0.2) is 0 Å². The zero-order chi connectivity index (χ0) is 29.1. The summed E-state index contributed by atoms with van der Waals surface area (Å²) in [6.07, 6.45) is 0.944. The number of halogens is 1. The molecule has 0 saturated carbocycles. The molecule has 1 amide bonds. The largest absolute Gasteiger partial charge is 0.508 e. The highest BCUT2D eigenvalue weighted by Gasteiger charge is 2.35. The topological polar surface area (TPSA) is 84.3 Å². The number of nitrogens with zero attached hydrogens (tertiary/aromatic N) is 3. The molecule has 0 spiro atoms. The van der Waals surface area contributed by atoms with E-state index >= 15 is 0 Å². The number of piperidine rings is 1. The molecule has 3 aromatic rings. The third-order valence-corrected chi connectivity index (χ3v) is 8.56. The maximum atomic E-state index is 13.8. The Morgan fingerprint density at radius 2 is 1.61 bits per heavy atom. The average molecular weight is 560 g/mol. The normalized spacial score (nSPS) is 21.5. The molecule has 5 rings (SSSR count). The standard InChI is InChI=1S/C33H38FN3O4/c1-22-20-37(23(2)19-36(22)21-24-5-3-7-29(34)17-24)31(28-6-4-8-30(38)18-28)25-9-11-26(12-10-25)32(39)35-15-13-27(14-16-35)33(40)41/h3-12,17-18,22-23,27,31,38H,13-16,19-21H2,1-2H3,(H,40,41)/t22-,23-,31?/m1/s1. The van der Waals surface area contributed by atoms with Gasteiger partial charge in [-0.05, 0) is 79.8 Å². The highest BCUT2D eigenvalue weighted by Crippen LogP contribution is 2.35. The number of benzene rings is 3. The summed E-state index contributed by atoms with van der Waals surface area (Å²) in [6, 6.07) is 22.0. The monoisotopic (exact) mass is 559 g/mol. The number of phenols is 1. The van der Waals surface area contributed by atoms with Gasteiger partial charge in [0.1, 0.15) is 11.6 Å². The van der Waals surface area contributed by atoms with Crippen LogP contribution in [0.25, 0.3) is 0 Å². The van der Waals surface area contributed by atoms with Crippen LogP contribution in [0, 0.1) is 11.7 Å². The second kappa shape index (κ2) is 12.4. The Labute approximate surface area is 240 Å². The van der Waals surface area contributed by atoms with E-state index < -0.39 is 5.97 Å². The first-order valence-electron chi connectivity index (χ1n) is 14.3. The van der Waals surface area contributed by atoms with Gasteiger partial charge in [0.25, 0.3) is 5.91 Å². The summed E-state index contributed by atoms with van der Waals surface area (Å²) in [4.78, 5) is 31.0. The van der Waals surface area contributed by atoms with E-state index in [0.717, 1.165) is 29.8 Å². The third-order valence-electron chi connectivity index (χ3n) is 8.56. The van der Waals surface area contributed by atoms with Crippen LogP contribution in [0.3, 0.4) is 0 Å². The Morgan fingerprint density at radius 3 is 2.27 bits per heavy atom. The van der Waals surface area contributed by atoms with E-state index in [2.05, 4.69) is 23.6 Å². The summed E-state index contributed by atoms with van der Waals surface area (Å²) in [5.41, 5.74) is 3.53. The van der Waals surface area contributed by atoms with Crippen LogP contribution in [0.5, 0.6) is 5.75 Å². The molecule has 3 atom stereocenters. The lowest BCUT2D eigenvalue weighted by Gasteiger charge is -2.47. The minimum atomic E-state index is -0.794. The van der Waals surface area contributed by atoms with Gasteiger partial charge in [0.05, 0.1) is 12.0 Å². The molecule has 3 aromatic carbocycles. The molecule has 2 saturated heterocycles. The number of likely N-dealkylation sites (tertiary alicyclic amines) is 1. The Bertz CT molecular complexity index is 1370. The molecule has 1 unspecified atom stereocenters. The Hall–Kier alpha value is -3.75. The number of phenolic OH excluding ortho intramolecular Hbond substituents is 1. The fraction of sp³-hybridized carbons (Fsp3) is 0.394. The zero-order valence-electron chi connectivity index (χ0n) is 23.6. The van der Waals surface area contributed by atoms with Crippen molar-refractivity contribution >= 4 is 11.9 Å². The minimum absolute atomic E-state index is 0.0813. The molecular formula is C33H38FN3O4. The van der Waals surface area contributed by atoms with E-state index in [0.29, 0.717) is 38.0 Å². The van der Waals surface area contributed by atoms with E-state index in [9.17, 15) is 24.2 Å². The quantitative estimate of drug-likeness (QED) is 0.417. The molecule has 0 radical (unpaired) electrons. The van der Waals surface area contributed by atoms with Crippen molar-refractivity contribution in [3.05, 3.63) is 101 Å². The minimum Gasteiger partial charge on any atom is -0.508 e. The van der Waals surface area contributed by atoms with Crippen LogP contribution in [0.1, 0.15) is 59.8 Å². The number of rotatable bonds is 7. The Morgan fingerprint density at radius 1 is 0.902 bits per heavy atom. The molecule has 7 nitrogen and oxygen atoms in total. The van der Waals surface area contributed by atoms with Crippen LogP contribution >= 0.6 is 0 Å². The summed E-state index contributed by atoms with van der Waals surface area (Å²) < 4.78 is 13.8. The van der Waals surface area contributed by atoms with Gasteiger partial charge in [-0.2, -0.15) is 0 Å². The number of piperazine rings is 1. The number of carboxylic acid groups (broad SMARTS) is 1. The number of aliphatic carboxylic acids is 1. The molecule has 8 heteroatoms. The van der Waals surface area contributed by atoms with Gasteiger partial charge in [-0.3, -0.25) is 19.4 Å². The predicted octanol–water partition coefficient (Wildman–Crippen LogP) is 5.15. The zero-order valence-corrected chi connectivity index (χ0v) is 23.6. The first-order valence-corrected chi connectivity index (χ1v) is 14.3. The third kappa shape index (κ3) is 6.60. The molecule has 2 N–H and O–H groups in total. The number of aromatic hydroxyl groups is 1. The van der Waals surface area contributed by atoms with Gasteiger partial charge in [-0.1, -0.05) is 36.4 Å². The van der Waals surface area contributed by atoms with Crippen molar-refractivity contribution in [3.8, 4) is 5.75 Å².